The molecular weight excluding hydrogens is 500 g/mol. The van der Waals surface area contributed by atoms with Gasteiger partial charge in [0.2, 0.25) is 0 Å². The molecule has 1 saturated heterocycles. The van der Waals surface area contributed by atoms with Crippen LogP contribution < -0.4 is 22.5 Å². The minimum absolute atomic E-state index is 0.279. The van der Waals surface area contributed by atoms with E-state index in [0.29, 0.717) is 60.3 Å². The average molecular weight is 538 g/mol. The average Bonchev–Trinajstić information content (AvgIpc) is 3.43. The molecule has 1 fully saturated rings. The van der Waals surface area contributed by atoms with E-state index in [1.807, 2.05) is 0 Å². The molecule has 3 heterocycles. The quantitative estimate of drug-likeness (QED) is 0.0820. The van der Waals surface area contributed by atoms with Crippen molar-refractivity contribution in [2.24, 2.45) is 17.2 Å². The molecular formula is C23H37N8O5S+. The number of rotatable bonds is 14. The fourth-order valence-corrected chi connectivity index (χ4v) is 5.93. The summed E-state index contributed by atoms with van der Waals surface area (Å²) in [6.07, 6.45) is 1.48. The summed E-state index contributed by atoms with van der Waals surface area (Å²) in [6, 6.07) is -0.974. The van der Waals surface area contributed by atoms with Gasteiger partial charge in [-0.3, -0.25) is 9.36 Å². The number of carboxylic acids is 1. The minimum atomic E-state index is -1.21. The Morgan fingerprint density at radius 2 is 1.97 bits per heavy atom. The first kappa shape index (κ1) is 29.1. The number of carboxylic acid groups (broad SMARTS) is 1. The molecule has 0 bridgehead atoms. The highest BCUT2D eigenvalue weighted by atomic mass is 32.2. The Bertz CT molecular complexity index is 1080. The first-order valence-electron chi connectivity index (χ1n) is 12.3. The molecule has 6 atom stereocenters. The third-order valence-corrected chi connectivity index (χ3v) is 8.15. The third-order valence-electron chi connectivity index (χ3n) is 5.99. The monoisotopic (exact) mass is 537 g/mol. The second-order valence-electron chi connectivity index (χ2n) is 8.77. The second-order valence-corrected chi connectivity index (χ2v) is 11.0. The van der Waals surface area contributed by atoms with E-state index in [1.54, 1.807) is 4.57 Å². The number of carbonyl (C=O) groups is 1. The van der Waals surface area contributed by atoms with Gasteiger partial charge in [-0.15, -0.1) is 0 Å². The van der Waals surface area contributed by atoms with Crippen molar-refractivity contribution < 1.29 is 24.9 Å². The zero-order chi connectivity index (χ0) is 26.8. The van der Waals surface area contributed by atoms with Gasteiger partial charge in [0.25, 0.3) is 0 Å². The lowest BCUT2D eigenvalue weighted by Crippen LogP contribution is -2.38. The Hall–Kier alpha value is -2.51. The van der Waals surface area contributed by atoms with E-state index in [-0.39, 0.29) is 6.42 Å². The summed E-state index contributed by atoms with van der Waals surface area (Å²) in [7, 11) is -0.405. The van der Waals surface area contributed by atoms with Gasteiger partial charge in [0.05, 0.1) is 6.33 Å². The molecule has 0 spiro atoms. The first-order chi connectivity index (χ1) is 17.9. The van der Waals surface area contributed by atoms with Crippen LogP contribution in [-0.4, -0.2) is 102 Å². The third kappa shape index (κ3) is 7.74. The first-order valence-corrected chi connectivity index (χ1v) is 14.0. The van der Waals surface area contributed by atoms with Gasteiger partial charge in [-0.2, -0.15) is 0 Å². The van der Waals surface area contributed by atoms with Crippen LogP contribution in [0.4, 0.5) is 5.82 Å². The van der Waals surface area contributed by atoms with Gasteiger partial charge in [-0.1, -0.05) is 5.92 Å². The Balaban J connectivity index is 1.73. The molecule has 0 saturated carbocycles. The predicted molar refractivity (Wildman–Crippen MR) is 142 cm³/mol. The number of aliphatic carboxylic acids is 1. The molecule has 0 amide bonds. The largest absolute Gasteiger partial charge is 0.480 e. The summed E-state index contributed by atoms with van der Waals surface area (Å²) >= 11 is 0. The van der Waals surface area contributed by atoms with E-state index in [9.17, 15) is 15.0 Å². The SMILES string of the molecule is NCCCC#CC[S+](CCC(N)C(=O)O)CC1OC(n2cnc3c(NCCCN)ncnc32)C(O)C1O. The van der Waals surface area contributed by atoms with Crippen LogP contribution in [0.15, 0.2) is 12.7 Å². The van der Waals surface area contributed by atoms with Crippen molar-refractivity contribution in [1.82, 2.24) is 19.5 Å². The van der Waals surface area contributed by atoms with Crippen molar-refractivity contribution in [2.45, 2.75) is 56.3 Å². The van der Waals surface area contributed by atoms with Crippen molar-refractivity contribution in [1.29, 1.82) is 0 Å². The zero-order valence-corrected chi connectivity index (χ0v) is 21.5. The lowest BCUT2D eigenvalue weighted by molar-refractivity contribution is -0.138. The van der Waals surface area contributed by atoms with Gasteiger partial charge in [0, 0.05) is 30.3 Å². The van der Waals surface area contributed by atoms with Crippen LogP contribution in [0, 0.1) is 11.8 Å². The highest BCUT2D eigenvalue weighted by Crippen LogP contribution is 2.33. The normalized spacial score (nSPS) is 22.9. The van der Waals surface area contributed by atoms with Crippen molar-refractivity contribution in [3.63, 3.8) is 0 Å². The zero-order valence-electron chi connectivity index (χ0n) is 20.7. The summed E-state index contributed by atoms with van der Waals surface area (Å²) in [6.45, 7) is 1.73. The number of anilines is 1. The molecule has 6 unspecified atom stereocenters. The van der Waals surface area contributed by atoms with Crippen LogP contribution in [0.25, 0.3) is 11.2 Å². The number of imidazole rings is 1. The van der Waals surface area contributed by atoms with Crippen molar-refractivity contribution >= 4 is 33.8 Å². The van der Waals surface area contributed by atoms with Crippen LogP contribution in [0.3, 0.4) is 0 Å². The summed E-state index contributed by atoms with van der Waals surface area (Å²) in [5.74, 6) is 7.15. The van der Waals surface area contributed by atoms with Gasteiger partial charge >= 0.3 is 5.97 Å². The molecule has 1 aliphatic rings. The lowest BCUT2D eigenvalue weighted by atomic mass is 10.1. The van der Waals surface area contributed by atoms with Gasteiger partial charge in [0.1, 0.15) is 42.2 Å². The number of hydrogen-bond acceptors (Lipinski definition) is 11. The second kappa shape index (κ2) is 14.4. The molecule has 2 aromatic heterocycles. The number of fused-ring (bicyclic) bond motifs is 1. The Labute approximate surface area is 218 Å². The van der Waals surface area contributed by atoms with Gasteiger partial charge in [0.15, 0.2) is 29.0 Å². The van der Waals surface area contributed by atoms with E-state index in [2.05, 4.69) is 32.1 Å². The van der Waals surface area contributed by atoms with Crippen LogP contribution in [0.5, 0.6) is 0 Å². The Morgan fingerprint density at radius 3 is 2.70 bits per heavy atom. The number of ether oxygens (including phenoxy) is 1. The lowest BCUT2D eigenvalue weighted by Gasteiger charge is -2.16. The summed E-state index contributed by atoms with van der Waals surface area (Å²) in [5.41, 5.74) is 17.8. The molecule has 3 rings (SSSR count). The van der Waals surface area contributed by atoms with E-state index < -0.39 is 47.4 Å². The van der Waals surface area contributed by atoms with Gasteiger partial charge < -0.3 is 42.6 Å². The number of nitrogens with one attached hydrogen (secondary N) is 1. The number of nitrogens with two attached hydrogens (primary N) is 3. The molecule has 1 aliphatic heterocycles. The van der Waals surface area contributed by atoms with Crippen LogP contribution in [0.1, 0.15) is 31.9 Å². The highest BCUT2D eigenvalue weighted by Gasteiger charge is 2.47. The molecule has 0 aromatic carbocycles. The molecule has 0 radical (unpaired) electrons. The van der Waals surface area contributed by atoms with Crippen LogP contribution in [-0.2, 0) is 20.4 Å². The van der Waals surface area contributed by atoms with Crippen molar-refractivity contribution in [3.8, 4) is 11.8 Å². The maximum Gasteiger partial charge on any atom is 0.320 e. The van der Waals surface area contributed by atoms with Gasteiger partial charge in [-0.25, -0.2) is 15.0 Å². The molecule has 13 nitrogen and oxygen atoms in total. The minimum Gasteiger partial charge on any atom is -0.480 e. The predicted octanol–water partition coefficient (Wildman–Crippen LogP) is -1.63. The van der Waals surface area contributed by atoms with Crippen molar-refractivity contribution in [2.75, 3.05) is 42.2 Å². The van der Waals surface area contributed by atoms with Gasteiger partial charge in [-0.05, 0) is 31.9 Å². The van der Waals surface area contributed by atoms with E-state index >= 15 is 0 Å². The maximum absolute atomic E-state index is 11.2. The maximum atomic E-state index is 11.2. The van der Waals surface area contributed by atoms with E-state index in [4.69, 9.17) is 27.0 Å². The fourth-order valence-electron chi connectivity index (χ4n) is 3.87. The van der Waals surface area contributed by atoms with Crippen LogP contribution in [0.2, 0.25) is 0 Å². The number of aromatic nitrogens is 4. The molecule has 204 valence electrons. The summed E-state index contributed by atoms with van der Waals surface area (Å²) in [5, 5.41) is 34.0. The number of hydrogen-bond donors (Lipinski definition) is 7. The van der Waals surface area contributed by atoms with E-state index in [0.717, 1.165) is 12.8 Å². The smallest absolute Gasteiger partial charge is 0.320 e. The van der Waals surface area contributed by atoms with Crippen LogP contribution >= 0.6 is 0 Å². The fraction of sp³-hybridized carbons (Fsp3) is 0.652. The molecule has 14 heteroatoms. The summed E-state index contributed by atoms with van der Waals surface area (Å²) < 4.78 is 7.71. The number of nitrogens with zero attached hydrogens (tertiary/aromatic N) is 4. The number of unbranched alkanes of at least 4 members (excludes halogenated alkanes) is 1. The van der Waals surface area contributed by atoms with E-state index in [1.165, 1.54) is 12.7 Å². The molecule has 0 aliphatic carbocycles. The molecule has 37 heavy (non-hydrogen) atoms. The summed E-state index contributed by atoms with van der Waals surface area (Å²) in [4.78, 5) is 24.1. The molecule has 10 N–H and O–H groups in total. The number of aliphatic hydroxyl groups is 2. The van der Waals surface area contributed by atoms with Crippen molar-refractivity contribution in [3.05, 3.63) is 12.7 Å². The molecule has 2 aromatic rings. The Morgan fingerprint density at radius 1 is 1.19 bits per heavy atom. The topological polar surface area (TPSA) is 221 Å². The highest BCUT2D eigenvalue weighted by molar-refractivity contribution is 7.97. The number of aliphatic hydroxyl groups excluding tert-OH is 2. The standard InChI is InChI=1S/C23H36N8O5S/c24-7-3-1-2-4-10-37(11-6-15(26)23(34)35)12-16-18(32)19(33)22(36-16)31-14-30-17-20(27-9-5-8-25)28-13-29-21(17)31/h13-16,18-19,22,32-33H,1,3,5-12,24-26H2,(H-,27,28,29,34,35)/p+1. The Kier molecular flexibility index (Phi) is 11.3.